The van der Waals surface area contributed by atoms with Crippen LogP contribution in [0.5, 0.6) is 0 Å². The molecule has 4 atom stereocenters. The fraction of sp³-hybridized carbons (Fsp3) is 0.424. The molecular formula is C33H39N3O6. The van der Waals surface area contributed by atoms with E-state index in [1.165, 1.54) is 6.20 Å². The number of anilines is 1. The molecule has 2 N–H and O–H groups in total. The number of hydrogen-bond acceptors (Lipinski definition) is 8. The zero-order chi connectivity index (χ0) is 29.7. The van der Waals surface area contributed by atoms with E-state index in [1.54, 1.807) is 18.3 Å². The molecule has 3 aromatic rings. The predicted octanol–water partition coefficient (Wildman–Crippen LogP) is 5.18. The number of aromatic nitrogens is 1. The van der Waals surface area contributed by atoms with Crippen LogP contribution in [0.3, 0.4) is 0 Å². The van der Waals surface area contributed by atoms with E-state index in [9.17, 15) is 14.7 Å². The van der Waals surface area contributed by atoms with Crippen LogP contribution in [0, 0.1) is 0 Å². The Morgan fingerprint density at radius 1 is 1.05 bits per heavy atom. The highest BCUT2D eigenvalue weighted by Crippen LogP contribution is 2.39. The molecule has 9 nitrogen and oxygen atoms in total. The number of carbonyl (C=O) groups is 2. The summed E-state index contributed by atoms with van der Waals surface area (Å²) in [5.41, 5.74) is 3.23. The lowest BCUT2D eigenvalue weighted by Gasteiger charge is -2.38. The Labute approximate surface area is 246 Å². The van der Waals surface area contributed by atoms with Crippen molar-refractivity contribution in [3.05, 3.63) is 95.3 Å². The van der Waals surface area contributed by atoms with Crippen LogP contribution in [0.15, 0.2) is 73.1 Å². The second-order valence-corrected chi connectivity index (χ2v) is 11.9. The first-order valence-corrected chi connectivity index (χ1v) is 14.5. The number of rotatable bonds is 8. The van der Waals surface area contributed by atoms with Crippen LogP contribution in [0.25, 0.3) is 0 Å². The van der Waals surface area contributed by atoms with Crippen molar-refractivity contribution in [3.8, 4) is 0 Å². The maximum absolute atomic E-state index is 13.0. The third-order valence-electron chi connectivity index (χ3n) is 7.46. The summed E-state index contributed by atoms with van der Waals surface area (Å²) in [5, 5.41) is 12.4. The SMILES string of the molecule is CC(C)(C)OC(=O)[C@@H]1CCCN1C[C@H]1C[C@@H](c2ccc(CO)cc2)O[C@@H](c2ccc(NC(=O)c3cccnc3)cc2)O1. The molecule has 5 rings (SSSR count). The van der Waals surface area contributed by atoms with Crippen LogP contribution in [-0.2, 0) is 25.6 Å². The normalized spacial score (nSPS) is 23.0. The maximum Gasteiger partial charge on any atom is 0.323 e. The fourth-order valence-electron chi connectivity index (χ4n) is 5.40. The van der Waals surface area contributed by atoms with Crippen LogP contribution < -0.4 is 5.32 Å². The van der Waals surface area contributed by atoms with Crippen molar-refractivity contribution in [1.29, 1.82) is 0 Å². The molecule has 222 valence electrons. The van der Waals surface area contributed by atoms with Gasteiger partial charge in [-0.2, -0.15) is 0 Å². The Balaban J connectivity index is 1.32. The van der Waals surface area contributed by atoms with E-state index >= 15 is 0 Å². The minimum absolute atomic E-state index is 0.0230. The van der Waals surface area contributed by atoms with Gasteiger partial charge in [-0.15, -0.1) is 0 Å². The fourth-order valence-corrected chi connectivity index (χ4v) is 5.40. The highest BCUT2D eigenvalue weighted by molar-refractivity contribution is 6.04. The van der Waals surface area contributed by atoms with Crippen LogP contribution in [-0.4, -0.2) is 57.7 Å². The van der Waals surface area contributed by atoms with Crippen molar-refractivity contribution in [2.75, 3.05) is 18.4 Å². The predicted molar refractivity (Wildman–Crippen MR) is 157 cm³/mol. The number of likely N-dealkylation sites (tertiary alicyclic amines) is 1. The van der Waals surface area contributed by atoms with E-state index in [1.807, 2.05) is 69.3 Å². The molecule has 0 radical (unpaired) electrons. The van der Waals surface area contributed by atoms with E-state index in [2.05, 4.69) is 15.2 Å². The zero-order valence-electron chi connectivity index (χ0n) is 24.4. The summed E-state index contributed by atoms with van der Waals surface area (Å²) < 4.78 is 18.7. The van der Waals surface area contributed by atoms with Crippen molar-refractivity contribution in [3.63, 3.8) is 0 Å². The average Bonchev–Trinajstić information content (AvgIpc) is 3.45. The first kappa shape index (κ1) is 29.8. The number of nitrogens with one attached hydrogen (secondary N) is 1. The van der Waals surface area contributed by atoms with Gasteiger partial charge in [-0.3, -0.25) is 19.5 Å². The van der Waals surface area contributed by atoms with Gasteiger partial charge in [-0.05, 0) is 75.5 Å². The number of hydrogen-bond donors (Lipinski definition) is 2. The van der Waals surface area contributed by atoms with Gasteiger partial charge < -0.3 is 24.6 Å². The van der Waals surface area contributed by atoms with Crippen molar-refractivity contribution in [2.24, 2.45) is 0 Å². The molecule has 0 aliphatic carbocycles. The summed E-state index contributed by atoms with van der Waals surface area (Å²) in [7, 11) is 0. The largest absolute Gasteiger partial charge is 0.459 e. The number of esters is 1. The third-order valence-corrected chi connectivity index (χ3v) is 7.46. The highest BCUT2D eigenvalue weighted by Gasteiger charge is 2.38. The Kier molecular flexibility index (Phi) is 9.33. The molecule has 2 aliphatic heterocycles. The molecule has 0 saturated carbocycles. The highest BCUT2D eigenvalue weighted by atomic mass is 16.7. The summed E-state index contributed by atoms with van der Waals surface area (Å²) in [6, 6.07) is 18.3. The van der Waals surface area contributed by atoms with Crippen LogP contribution in [0.2, 0.25) is 0 Å². The van der Waals surface area contributed by atoms with Crippen LogP contribution in [0.1, 0.15) is 79.5 Å². The first-order valence-electron chi connectivity index (χ1n) is 14.5. The zero-order valence-corrected chi connectivity index (χ0v) is 24.4. The van der Waals surface area contributed by atoms with Crippen molar-refractivity contribution in [2.45, 2.75) is 76.8 Å². The molecule has 2 aromatic carbocycles. The Hall–Kier alpha value is -3.63. The maximum atomic E-state index is 13.0. The monoisotopic (exact) mass is 573 g/mol. The summed E-state index contributed by atoms with van der Waals surface area (Å²) in [6.45, 7) is 7.02. The molecule has 2 fully saturated rings. The number of amides is 1. The molecule has 0 unspecified atom stereocenters. The molecule has 1 aromatic heterocycles. The second-order valence-electron chi connectivity index (χ2n) is 11.9. The minimum atomic E-state index is -0.642. The van der Waals surface area contributed by atoms with Crippen molar-refractivity contribution in [1.82, 2.24) is 9.88 Å². The quantitative estimate of drug-likeness (QED) is 0.355. The molecule has 0 bridgehead atoms. The smallest absolute Gasteiger partial charge is 0.323 e. The number of nitrogens with zero attached hydrogens (tertiary/aromatic N) is 2. The van der Waals surface area contributed by atoms with E-state index < -0.39 is 11.9 Å². The van der Waals surface area contributed by atoms with Crippen LogP contribution >= 0.6 is 0 Å². The van der Waals surface area contributed by atoms with Gasteiger partial charge in [0.1, 0.15) is 11.6 Å². The lowest BCUT2D eigenvalue weighted by Crippen LogP contribution is -2.45. The summed E-state index contributed by atoms with van der Waals surface area (Å²) in [4.78, 5) is 31.7. The Bertz CT molecular complexity index is 1340. The summed E-state index contributed by atoms with van der Waals surface area (Å²) in [5.74, 6) is -0.429. The van der Waals surface area contributed by atoms with Gasteiger partial charge >= 0.3 is 5.97 Å². The lowest BCUT2D eigenvalue weighted by atomic mass is 9.99. The van der Waals surface area contributed by atoms with Crippen molar-refractivity contribution >= 4 is 17.6 Å². The van der Waals surface area contributed by atoms with Gasteiger partial charge in [-0.1, -0.05) is 36.4 Å². The average molecular weight is 574 g/mol. The molecule has 9 heteroatoms. The molecule has 0 spiro atoms. The number of pyridine rings is 1. The van der Waals surface area contributed by atoms with E-state index in [0.717, 1.165) is 36.1 Å². The van der Waals surface area contributed by atoms with Gasteiger partial charge in [0.2, 0.25) is 0 Å². The van der Waals surface area contributed by atoms with Crippen molar-refractivity contribution < 1.29 is 28.9 Å². The van der Waals surface area contributed by atoms with Gasteiger partial charge in [0, 0.05) is 36.6 Å². The molecular weight excluding hydrogens is 534 g/mol. The third kappa shape index (κ3) is 7.60. The summed E-state index contributed by atoms with van der Waals surface area (Å²) in [6.07, 6.45) is 4.37. The number of benzene rings is 2. The number of aliphatic hydroxyl groups is 1. The van der Waals surface area contributed by atoms with Gasteiger partial charge in [0.25, 0.3) is 5.91 Å². The Morgan fingerprint density at radius 3 is 2.45 bits per heavy atom. The molecule has 42 heavy (non-hydrogen) atoms. The van der Waals surface area contributed by atoms with E-state index in [4.69, 9.17) is 14.2 Å². The first-order chi connectivity index (χ1) is 20.2. The summed E-state index contributed by atoms with van der Waals surface area (Å²) >= 11 is 0. The molecule has 3 heterocycles. The molecule has 2 saturated heterocycles. The Morgan fingerprint density at radius 2 is 1.79 bits per heavy atom. The second kappa shape index (κ2) is 13.1. The topological polar surface area (TPSA) is 110 Å². The lowest BCUT2D eigenvalue weighted by molar-refractivity contribution is -0.253. The van der Waals surface area contributed by atoms with E-state index in [-0.39, 0.29) is 36.7 Å². The molecule has 2 aliphatic rings. The number of carbonyl (C=O) groups excluding carboxylic acids is 2. The van der Waals surface area contributed by atoms with Crippen LogP contribution in [0.4, 0.5) is 5.69 Å². The van der Waals surface area contributed by atoms with Gasteiger partial charge in [-0.25, -0.2) is 0 Å². The number of aliphatic hydroxyl groups excluding tert-OH is 1. The molecule has 1 amide bonds. The number of ether oxygens (including phenoxy) is 3. The van der Waals surface area contributed by atoms with E-state index in [0.29, 0.717) is 24.2 Å². The standard InChI is InChI=1S/C33H39N3O6/c1-33(2,3)42-31(39)28-7-5-17-36(28)20-27-18-29(23-10-8-22(21-37)9-11-23)41-32(40-27)24-12-14-26(15-13-24)35-30(38)25-6-4-16-34-19-25/h4,6,8-16,19,27-29,32,37H,5,7,17-18,20-21H2,1-3H3,(H,35,38)/t27-,28+,29+,32+/m1/s1. The minimum Gasteiger partial charge on any atom is -0.459 e. The van der Waals surface area contributed by atoms with Gasteiger partial charge in [0.15, 0.2) is 6.29 Å². The van der Waals surface area contributed by atoms with Gasteiger partial charge in [0.05, 0.1) is 24.4 Å².